The highest BCUT2D eigenvalue weighted by Crippen LogP contribution is 2.24. The lowest BCUT2D eigenvalue weighted by Crippen LogP contribution is -2.44. The number of nitrogens with one attached hydrogen (secondary N) is 1. The summed E-state index contributed by atoms with van der Waals surface area (Å²) in [6.45, 7) is 7.51. The van der Waals surface area contributed by atoms with Crippen LogP contribution < -0.4 is 10.2 Å². The van der Waals surface area contributed by atoms with Crippen molar-refractivity contribution in [1.29, 1.82) is 0 Å². The van der Waals surface area contributed by atoms with Gasteiger partial charge in [-0.05, 0) is 38.0 Å². The van der Waals surface area contributed by atoms with Gasteiger partial charge in [-0.15, -0.1) is 11.3 Å². The average Bonchev–Trinajstić information content (AvgIpc) is 3.03. The van der Waals surface area contributed by atoms with E-state index in [1.165, 1.54) is 0 Å². The summed E-state index contributed by atoms with van der Waals surface area (Å²) in [7, 11) is 0. The Labute approximate surface area is 157 Å². The monoisotopic (exact) mass is 378 g/mol. The molecule has 0 spiro atoms. The maximum atomic E-state index is 12.7. The first-order valence-corrected chi connectivity index (χ1v) is 9.76. The zero-order chi connectivity index (χ0) is 17.8. The van der Waals surface area contributed by atoms with Crippen LogP contribution in [-0.4, -0.2) is 48.0 Å². The Bertz CT molecular complexity index is 722. The lowest BCUT2D eigenvalue weighted by molar-refractivity contribution is -0.120. The van der Waals surface area contributed by atoms with E-state index in [4.69, 9.17) is 11.6 Å². The van der Waals surface area contributed by atoms with Crippen molar-refractivity contribution in [3.63, 3.8) is 0 Å². The largest absolute Gasteiger partial charge is 0.347 e. The Hall–Kier alpha value is -1.63. The van der Waals surface area contributed by atoms with Gasteiger partial charge in [-0.3, -0.25) is 9.69 Å². The predicted molar refractivity (Wildman–Crippen MR) is 105 cm³/mol. The molecule has 0 bridgehead atoms. The molecule has 2 heterocycles. The van der Waals surface area contributed by atoms with Crippen molar-refractivity contribution in [2.24, 2.45) is 0 Å². The summed E-state index contributed by atoms with van der Waals surface area (Å²) in [5, 5.41) is 6.75. The van der Waals surface area contributed by atoms with E-state index in [1.807, 2.05) is 43.6 Å². The molecule has 1 aromatic carbocycles. The summed E-state index contributed by atoms with van der Waals surface area (Å²) < 4.78 is 0. The van der Waals surface area contributed by atoms with Crippen LogP contribution in [0.3, 0.4) is 0 Å². The van der Waals surface area contributed by atoms with E-state index in [0.717, 1.165) is 49.0 Å². The van der Waals surface area contributed by atoms with Crippen molar-refractivity contribution >= 4 is 39.7 Å². The molecule has 0 aliphatic carbocycles. The molecule has 1 aromatic heterocycles. The molecule has 1 fully saturated rings. The van der Waals surface area contributed by atoms with Crippen molar-refractivity contribution < 1.29 is 4.79 Å². The summed E-state index contributed by atoms with van der Waals surface area (Å²) in [4.78, 5) is 21.6. The van der Waals surface area contributed by atoms with E-state index in [-0.39, 0.29) is 11.9 Å². The van der Waals surface area contributed by atoms with Gasteiger partial charge in [-0.25, -0.2) is 4.98 Å². The van der Waals surface area contributed by atoms with Crippen molar-refractivity contribution in [3.8, 4) is 0 Å². The van der Waals surface area contributed by atoms with E-state index >= 15 is 0 Å². The number of halogens is 1. The minimum absolute atomic E-state index is 0.00747. The number of aromatic nitrogens is 1. The number of anilines is 2. The van der Waals surface area contributed by atoms with Crippen molar-refractivity contribution in [1.82, 2.24) is 9.88 Å². The third-order valence-corrected chi connectivity index (χ3v) is 5.91. The lowest BCUT2D eigenvalue weighted by Gasteiger charge is -2.27. The number of carbonyl (C=O) groups excluding carboxylic acids is 1. The molecule has 1 saturated heterocycles. The van der Waals surface area contributed by atoms with Crippen LogP contribution in [0.15, 0.2) is 29.8 Å². The Morgan fingerprint density at radius 2 is 2.16 bits per heavy atom. The number of hydrogen-bond donors (Lipinski definition) is 1. The fourth-order valence-corrected chi connectivity index (χ4v) is 3.91. The van der Waals surface area contributed by atoms with Crippen molar-refractivity contribution in [2.45, 2.75) is 26.3 Å². The van der Waals surface area contributed by atoms with E-state index in [2.05, 4.69) is 20.1 Å². The summed E-state index contributed by atoms with van der Waals surface area (Å²) >= 11 is 7.80. The lowest BCUT2D eigenvalue weighted by atomic mass is 10.2. The Balaban J connectivity index is 1.61. The van der Waals surface area contributed by atoms with Gasteiger partial charge in [0, 0.05) is 48.5 Å². The Kier molecular flexibility index (Phi) is 5.93. The molecule has 0 saturated carbocycles. The smallest absolute Gasteiger partial charge is 0.241 e. The number of benzene rings is 1. The first-order chi connectivity index (χ1) is 12.1. The van der Waals surface area contributed by atoms with Gasteiger partial charge in [0.25, 0.3) is 0 Å². The van der Waals surface area contributed by atoms with Gasteiger partial charge in [0.15, 0.2) is 5.13 Å². The molecule has 25 heavy (non-hydrogen) atoms. The van der Waals surface area contributed by atoms with E-state index < -0.39 is 0 Å². The third-order valence-electron chi connectivity index (χ3n) is 4.67. The summed E-state index contributed by atoms with van der Waals surface area (Å²) in [6.07, 6.45) is 2.86. The topological polar surface area (TPSA) is 48.5 Å². The summed E-state index contributed by atoms with van der Waals surface area (Å²) in [5.41, 5.74) is 1.68. The molecule has 2 aromatic rings. The van der Waals surface area contributed by atoms with Crippen LogP contribution in [-0.2, 0) is 4.79 Å². The predicted octanol–water partition coefficient (Wildman–Crippen LogP) is 3.64. The first-order valence-electron chi connectivity index (χ1n) is 8.50. The number of rotatable bonds is 4. The number of carbonyl (C=O) groups is 1. The minimum Gasteiger partial charge on any atom is -0.347 e. The average molecular weight is 379 g/mol. The molecule has 1 unspecified atom stereocenters. The van der Waals surface area contributed by atoms with E-state index in [0.29, 0.717) is 5.02 Å². The second-order valence-electron chi connectivity index (χ2n) is 6.27. The number of thiazole rings is 1. The van der Waals surface area contributed by atoms with Crippen LogP contribution >= 0.6 is 22.9 Å². The minimum atomic E-state index is -0.186. The van der Waals surface area contributed by atoms with Crippen LogP contribution in [0, 0.1) is 6.92 Å². The molecule has 1 amide bonds. The highest BCUT2D eigenvalue weighted by molar-refractivity contribution is 7.13. The highest BCUT2D eigenvalue weighted by Gasteiger charge is 2.25. The SMILES string of the molecule is Cc1c(Cl)cccc1NC(=O)C(C)N1CCCN(c2nccs2)CC1. The van der Waals surface area contributed by atoms with Crippen LogP contribution in [0.25, 0.3) is 0 Å². The Morgan fingerprint density at radius 3 is 2.92 bits per heavy atom. The van der Waals surface area contributed by atoms with Crippen LogP contribution in [0.5, 0.6) is 0 Å². The van der Waals surface area contributed by atoms with Gasteiger partial charge in [-0.1, -0.05) is 17.7 Å². The molecule has 7 heteroatoms. The van der Waals surface area contributed by atoms with Crippen molar-refractivity contribution in [3.05, 3.63) is 40.4 Å². The number of hydrogen-bond acceptors (Lipinski definition) is 5. The molecule has 1 N–H and O–H groups in total. The molecule has 1 atom stereocenters. The second-order valence-corrected chi connectivity index (χ2v) is 7.55. The van der Waals surface area contributed by atoms with Gasteiger partial charge in [0.2, 0.25) is 5.91 Å². The quantitative estimate of drug-likeness (QED) is 0.882. The van der Waals surface area contributed by atoms with Crippen LogP contribution in [0.4, 0.5) is 10.8 Å². The molecular weight excluding hydrogens is 356 g/mol. The summed E-state index contributed by atoms with van der Waals surface area (Å²) in [6, 6.07) is 5.39. The van der Waals surface area contributed by atoms with Gasteiger partial charge in [0.05, 0.1) is 6.04 Å². The van der Waals surface area contributed by atoms with Crippen molar-refractivity contribution in [2.75, 3.05) is 36.4 Å². The van der Waals surface area contributed by atoms with E-state index in [1.54, 1.807) is 11.3 Å². The molecule has 5 nitrogen and oxygen atoms in total. The zero-order valence-electron chi connectivity index (χ0n) is 14.5. The Morgan fingerprint density at radius 1 is 1.32 bits per heavy atom. The maximum absolute atomic E-state index is 12.7. The molecule has 1 aliphatic rings. The van der Waals surface area contributed by atoms with E-state index in [9.17, 15) is 4.79 Å². The molecule has 1 aliphatic heterocycles. The van der Waals surface area contributed by atoms with Gasteiger partial charge in [0.1, 0.15) is 0 Å². The molecule has 0 radical (unpaired) electrons. The van der Waals surface area contributed by atoms with Gasteiger partial charge >= 0.3 is 0 Å². The van der Waals surface area contributed by atoms with Gasteiger partial charge < -0.3 is 10.2 Å². The highest BCUT2D eigenvalue weighted by atomic mass is 35.5. The molecular formula is C18H23ClN4OS. The third kappa shape index (κ3) is 4.32. The number of nitrogens with zero attached hydrogens (tertiary/aromatic N) is 3. The second kappa shape index (κ2) is 8.17. The fourth-order valence-electron chi connectivity index (χ4n) is 3.03. The zero-order valence-corrected chi connectivity index (χ0v) is 16.1. The van der Waals surface area contributed by atoms with Gasteiger partial charge in [-0.2, -0.15) is 0 Å². The fraction of sp³-hybridized carbons (Fsp3) is 0.444. The first kappa shape index (κ1) is 18.2. The standard InChI is InChI=1S/C18H23ClN4OS/c1-13-15(19)5-3-6-16(13)21-17(24)14(2)22-8-4-9-23(11-10-22)18-20-7-12-25-18/h3,5-7,12,14H,4,8-11H2,1-2H3,(H,21,24). The number of amides is 1. The summed E-state index contributed by atoms with van der Waals surface area (Å²) in [5.74, 6) is 0.00747. The van der Waals surface area contributed by atoms with Crippen LogP contribution in [0.1, 0.15) is 18.9 Å². The normalized spacial score (nSPS) is 17.2. The molecule has 134 valence electrons. The molecule has 3 rings (SSSR count). The maximum Gasteiger partial charge on any atom is 0.241 e. The van der Waals surface area contributed by atoms with Crippen LogP contribution in [0.2, 0.25) is 5.02 Å².